The number of thioether (sulfide) groups is 1. The minimum atomic E-state index is 0.140. The van der Waals surface area contributed by atoms with Gasteiger partial charge in [-0.1, -0.05) is 0 Å². The average Bonchev–Trinajstić information content (AvgIpc) is 2.84. The van der Waals surface area contributed by atoms with E-state index < -0.39 is 0 Å². The summed E-state index contributed by atoms with van der Waals surface area (Å²) in [5, 5.41) is 4.05. The fourth-order valence-electron chi connectivity index (χ4n) is 1.45. The molecular formula is C11H13N3OS. The molecule has 2 rings (SSSR count). The summed E-state index contributed by atoms with van der Waals surface area (Å²) in [6.07, 6.45) is 5.55. The van der Waals surface area contributed by atoms with Gasteiger partial charge in [0.25, 0.3) is 0 Å². The van der Waals surface area contributed by atoms with Crippen LogP contribution in [0, 0.1) is 0 Å². The number of hydrogen-bond donors (Lipinski definition) is 0. The summed E-state index contributed by atoms with van der Waals surface area (Å²) >= 11 is 1.51. The standard InChI is InChI=1S/C11H13N3OS/c1-13-5-3-4-10(13)11(15)8-16-9-6-12-14(2)7-9/h3-7H,8H2,1-2H3. The maximum absolute atomic E-state index is 11.8. The van der Waals surface area contributed by atoms with Crippen molar-refractivity contribution in [1.82, 2.24) is 14.3 Å². The second-order valence-electron chi connectivity index (χ2n) is 3.57. The van der Waals surface area contributed by atoms with E-state index in [2.05, 4.69) is 5.10 Å². The van der Waals surface area contributed by atoms with Gasteiger partial charge in [0, 0.05) is 31.4 Å². The van der Waals surface area contributed by atoms with Crippen molar-refractivity contribution in [3.63, 3.8) is 0 Å². The number of Topliss-reactive ketones (excluding diaryl/α,β-unsaturated/α-hetero) is 1. The van der Waals surface area contributed by atoms with Crippen LogP contribution in [0.2, 0.25) is 0 Å². The van der Waals surface area contributed by atoms with Crippen LogP contribution in [0.25, 0.3) is 0 Å². The van der Waals surface area contributed by atoms with Gasteiger partial charge in [-0.2, -0.15) is 5.10 Å². The van der Waals surface area contributed by atoms with Crippen molar-refractivity contribution < 1.29 is 4.79 Å². The second kappa shape index (κ2) is 4.57. The van der Waals surface area contributed by atoms with Gasteiger partial charge in [-0.3, -0.25) is 9.48 Å². The maximum atomic E-state index is 11.8. The van der Waals surface area contributed by atoms with Crippen molar-refractivity contribution in [3.8, 4) is 0 Å². The van der Waals surface area contributed by atoms with Gasteiger partial charge in [0.2, 0.25) is 0 Å². The molecule has 0 amide bonds. The highest BCUT2D eigenvalue weighted by atomic mass is 32.2. The van der Waals surface area contributed by atoms with Crippen LogP contribution in [0.5, 0.6) is 0 Å². The van der Waals surface area contributed by atoms with Crippen molar-refractivity contribution in [3.05, 3.63) is 36.4 Å². The highest BCUT2D eigenvalue weighted by molar-refractivity contribution is 8.00. The Labute approximate surface area is 98.3 Å². The van der Waals surface area contributed by atoms with E-state index in [1.807, 2.05) is 43.2 Å². The van der Waals surface area contributed by atoms with Gasteiger partial charge in [0.1, 0.15) is 0 Å². The Bertz CT molecular complexity index is 501. The third-order valence-corrected chi connectivity index (χ3v) is 3.23. The molecule has 0 aliphatic rings. The predicted molar refractivity (Wildman–Crippen MR) is 63.7 cm³/mol. The van der Waals surface area contributed by atoms with Crippen molar-refractivity contribution in [2.45, 2.75) is 4.90 Å². The van der Waals surface area contributed by atoms with Gasteiger partial charge in [0.05, 0.1) is 17.6 Å². The third kappa shape index (κ3) is 2.36. The Balaban J connectivity index is 1.96. The number of ketones is 1. The quantitative estimate of drug-likeness (QED) is 0.598. The Morgan fingerprint density at radius 3 is 2.88 bits per heavy atom. The first-order valence-corrected chi connectivity index (χ1v) is 5.91. The van der Waals surface area contributed by atoms with Gasteiger partial charge >= 0.3 is 0 Å². The van der Waals surface area contributed by atoms with Gasteiger partial charge in [-0.15, -0.1) is 11.8 Å². The van der Waals surface area contributed by atoms with Gasteiger partial charge in [0.15, 0.2) is 5.78 Å². The minimum Gasteiger partial charge on any atom is -0.348 e. The summed E-state index contributed by atoms with van der Waals surface area (Å²) in [5.41, 5.74) is 0.747. The molecule has 0 bridgehead atoms. The molecule has 0 aromatic carbocycles. The Hall–Kier alpha value is -1.49. The predicted octanol–water partition coefficient (Wildman–Crippen LogP) is 1.73. The molecule has 0 unspecified atom stereocenters. The molecule has 2 aromatic heterocycles. The fraction of sp³-hybridized carbons (Fsp3) is 0.273. The lowest BCUT2D eigenvalue weighted by Gasteiger charge is -2.01. The molecule has 0 aliphatic heterocycles. The number of nitrogens with zero attached hydrogens (tertiary/aromatic N) is 3. The van der Waals surface area contributed by atoms with Crippen molar-refractivity contribution >= 4 is 17.5 Å². The summed E-state index contributed by atoms with van der Waals surface area (Å²) in [6, 6.07) is 3.72. The first-order chi connectivity index (χ1) is 7.66. The van der Waals surface area contributed by atoms with E-state index in [0.29, 0.717) is 5.75 Å². The lowest BCUT2D eigenvalue weighted by molar-refractivity contribution is 0.101. The van der Waals surface area contributed by atoms with Gasteiger partial charge < -0.3 is 4.57 Å². The van der Waals surface area contributed by atoms with E-state index in [4.69, 9.17) is 0 Å². The zero-order chi connectivity index (χ0) is 11.5. The maximum Gasteiger partial charge on any atom is 0.189 e. The molecule has 0 atom stereocenters. The summed E-state index contributed by atoms with van der Waals surface area (Å²) in [7, 11) is 3.74. The Morgan fingerprint density at radius 1 is 1.50 bits per heavy atom. The van der Waals surface area contributed by atoms with Crippen LogP contribution in [0.15, 0.2) is 35.6 Å². The molecule has 0 N–H and O–H groups in total. The first-order valence-electron chi connectivity index (χ1n) is 4.93. The Morgan fingerprint density at radius 2 is 2.31 bits per heavy atom. The number of rotatable bonds is 4. The van der Waals surface area contributed by atoms with Crippen molar-refractivity contribution in [2.24, 2.45) is 14.1 Å². The van der Waals surface area contributed by atoms with Gasteiger partial charge in [-0.25, -0.2) is 0 Å². The van der Waals surface area contributed by atoms with Gasteiger partial charge in [-0.05, 0) is 12.1 Å². The smallest absolute Gasteiger partial charge is 0.189 e. The van der Waals surface area contributed by atoms with Crippen LogP contribution in [-0.4, -0.2) is 25.9 Å². The van der Waals surface area contributed by atoms with Crippen molar-refractivity contribution in [2.75, 3.05) is 5.75 Å². The molecule has 0 fully saturated rings. The monoisotopic (exact) mass is 235 g/mol. The summed E-state index contributed by atoms with van der Waals surface area (Å²) in [6.45, 7) is 0. The van der Waals surface area contributed by atoms with E-state index >= 15 is 0 Å². The second-order valence-corrected chi connectivity index (χ2v) is 4.61. The molecule has 0 saturated carbocycles. The molecule has 0 aliphatic carbocycles. The lowest BCUT2D eigenvalue weighted by atomic mass is 10.3. The van der Waals surface area contributed by atoms with Crippen LogP contribution in [-0.2, 0) is 14.1 Å². The SMILES string of the molecule is Cn1cc(SCC(=O)c2cccn2C)cn1. The van der Waals surface area contributed by atoms with E-state index in [9.17, 15) is 4.79 Å². The van der Waals surface area contributed by atoms with Crippen LogP contribution in [0.4, 0.5) is 0 Å². The molecule has 2 aromatic rings. The van der Waals surface area contributed by atoms with Crippen LogP contribution in [0.3, 0.4) is 0 Å². The molecule has 0 saturated heterocycles. The molecule has 4 nitrogen and oxygen atoms in total. The number of hydrogen-bond acceptors (Lipinski definition) is 3. The van der Waals surface area contributed by atoms with Crippen LogP contribution < -0.4 is 0 Å². The zero-order valence-corrected chi connectivity index (χ0v) is 10.1. The summed E-state index contributed by atoms with van der Waals surface area (Å²) in [5.74, 6) is 0.588. The summed E-state index contributed by atoms with van der Waals surface area (Å²) in [4.78, 5) is 12.9. The third-order valence-electron chi connectivity index (χ3n) is 2.28. The normalized spacial score (nSPS) is 10.6. The van der Waals surface area contributed by atoms with E-state index in [-0.39, 0.29) is 5.78 Å². The number of carbonyl (C=O) groups is 1. The number of aryl methyl sites for hydroxylation is 2. The summed E-state index contributed by atoms with van der Waals surface area (Å²) < 4.78 is 3.57. The average molecular weight is 235 g/mol. The van der Waals surface area contributed by atoms with Crippen LogP contribution in [0.1, 0.15) is 10.5 Å². The largest absolute Gasteiger partial charge is 0.348 e. The highest BCUT2D eigenvalue weighted by Gasteiger charge is 2.09. The van der Waals surface area contributed by atoms with E-state index in [1.54, 1.807) is 10.9 Å². The molecule has 2 heterocycles. The fourth-order valence-corrected chi connectivity index (χ4v) is 2.24. The van der Waals surface area contributed by atoms with Crippen molar-refractivity contribution in [1.29, 1.82) is 0 Å². The number of carbonyl (C=O) groups excluding carboxylic acids is 1. The molecule has 0 spiro atoms. The first kappa shape index (κ1) is 11.0. The Kier molecular flexibility index (Phi) is 3.14. The molecule has 16 heavy (non-hydrogen) atoms. The van der Waals surface area contributed by atoms with E-state index in [0.717, 1.165) is 10.6 Å². The highest BCUT2D eigenvalue weighted by Crippen LogP contribution is 2.17. The molecular weight excluding hydrogens is 222 g/mol. The molecule has 84 valence electrons. The molecule has 5 heteroatoms. The number of aromatic nitrogens is 3. The lowest BCUT2D eigenvalue weighted by Crippen LogP contribution is -2.07. The zero-order valence-electron chi connectivity index (χ0n) is 9.25. The molecule has 0 radical (unpaired) electrons. The topological polar surface area (TPSA) is 39.8 Å². The minimum absolute atomic E-state index is 0.140. The van der Waals surface area contributed by atoms with Crippen LogP contribution >= 0.6 is 11.8 Å². The van der Waals surface area contributed by atoms with E-state index in [1.165, 1.54) is 11.8 Å².